The predicted molar refractivity (Wildman–Crippen MR) is 121 cm³/mol. The first-order valence-corrected chi connectivity index (χ1v) is 10.9. The Morgan fingerprint density at radius 2 is 1.94 bits per heavy atom. The van der Waals surface area contributed by atoms with Crippen LogP contribution in [-0.4, -0.2) is 65.1 Å². The van der Waals surface area contributed by atoms with Crippen LogP contribution in [0.2, 0.25) is 0 Å². The van der Waals surface area contributed by atoms with Crippen molar-refractivity contribution >= 4 is 17.3 Å². The van der Waals surface area contributed by atoms with Crippen molar-refractivity contribution in [3.05, 3.63) is 59.9 Å². The van der Waals surface area contributed by atoms with Crippen molar-refractivity contribution in [3.8, 4) is 5.69 Å². The molecule has 0 radical (unpaired) electrons. The monoisotopic (exact) mass is 442 g/mol. The minimum atomic E-state index is -0.952. The van der Waals surface area contributed by atoms with Gasteiger partial charge in [-0.25, -0.2) is 13.5 Å². The lowest BCUT2D eigenvalue weighted by atomic mass is 10.1. The molecular formula is C23H28F2N6O. The molecule has 3 heterocycles. The summed E-state index contributed by atoms with van der Waals surface area (Å²) in [6.45, 7) is 7.80. The van der Waals surface area contributed by atoms with Crippen LogP contribution in [-0.2, 0) is 11.2 Å². The van der Waals surface area contributed by atoms with Gasteiger partial charge in [-0.2, -0.15) is 4.98 Å². The summed E-state index contributed by atoms with van der Waals surface area (Å²) >= 11 is 0. The molecule has 1 N–H and O–H groups in total. The Balaban J connectivity index is 0.00000259. The molecule has 2 saturated heterocycles. The molecule has 0 unspecified atom stereocenters. The van der Waals surface area contributed by atoms with Crippen molar-refractivity contribution in [2.75, 3.05) is 49.6 Å². The lowest BCUT2D eigenvalue weighted by Gasteiger charge is -2.43. The summed E-state index contributed by atoms with van der Waals surface area (Å²) < 4.78 is 34.2. The van der Waals surface area contributed by atoms with Crippen molar-refractivity contribution in [3.63, 3.8) is 0 Å². The number of nitrogens with one attached hydrogen (secondary N) is 1. The maximum atomic E-state index is 14.1. The van der Waals surface area contributed by atoms with Gasteiger partial charge in [0.15, 0.2) is 11.6 Å². The third-order valence-corrected chi connectivity index (χ3v) is 6.13. The largest absolute Gasteiger partial charge is 0.378 e. The average Bonchev–Trinajstić information content (AvgIpc) is 3.23. The normalized spacial score (nSPS) is 17.4. The summed E-state index contributed by atoms with van der Waals surface area (Å²) in [6, 6.07) is 10.9. The van der Waals surface area contributed by atoms with Gasteiger partial charge in [-0.3, -0.25) is 4.90 Å². The number of anilines is 3. The third-order valence-electron chi connectivity index (χ3n) is 6.13. The maximum Gasteiger partial charge on any atom is 0.246 e. The molecule has 0 saturated carbocycles. The van der Waals surface area contributed by atoms with Gasteiger partial charge in [0.1, 0.15) is 12.0 Å². The van der Waals surface area contributed by atoms with Crippen molar-refractivity contribution in [2.24, 2.45) is 0 Å². The smallest absolute Gasteiger partial charge is 0.246 e. The highest BCUT2D eigenvalue weighted by Crippen LogP contribution is 2.27. The number of aromatic nitrogens is 3. The third kappa shape index (κ3) is 4.18. The van der Waals surface area contributed by atoms with Gasteiger partial charge in [-0.05, 0) is 42.3 Å². The number of hydrogen-bond donors (Lipinski definition) is 1. The molecule has 32 heavy (non-hydrogen) atoms. The number of halogens is 2. The van der Waals surface area contributed by atoms with Crippen molar-refractivity contribution < 1.29 is 14.9 Å². The van der Waals surface area contributed by atoms with Gasteiger partial charge in [0, 0.05) is 39.0 Å². The summed E-state index contributed by atoms with van der Waals surface area (Å²) in [6.07, 6.45) is 2.27. The summed E-state index contributed by atoms with van der Waals surface area (Å²) in [7, 11) is 0. The zero-order valence-corrected chi connectivity index (χ0v) is 18.0. The number of rotatable bonds is 6. The van der Waals surface area contributed by atoms with E-state index in [-0.39, 0.29) is 7.11 Å². The lowest BCUT2D eigenvalue weighted by molar-refractivity contribution is -0.0660. The van der Waals surface area contributed by atoms with E-state index in [9.17, 15) is 8.78 Å². The molecule has 7 nitrogen and oxygen atoms in total. The average molecular weight is 443 g/mol. The molecule has 0 bridgehead atoms. The van der Waals surface area contributed by atoms with Crippen LogP contribution < -0.4 is 10.2 Å². The van der Waals surface area contributed by atoms with E-state index in [0.29, 0.717) is 12.0 Å². The first kappa shape index (κ1) is 20.8. The summed E-state index contributed by atoms with van der Waals surface area (Å²) in [4.78, 5) is 9.12. The van der Waals surface area contributed by atoms with Crippen LogP contribution in [0.25, 0.3) is 5.69 Å². The van der Waals surface area contributed by atoms with Crippen LogP contribution in [0.3, 0.4) is 0 Å². The Morgan fingerprint density at radius 3 is 2.66 bits per heavy atom. The second-order valence-corrected chi connectivity index (χ2v) is 8.17. The van der Waals surface area contributed by atoms with E-state index < -0.39 is 11.6 Å². The van der Waals surface area contributed by atoms with Gasteiger partial charge in [-0.1, -0.05) is 13.0 Å². The molecule has 0 amide bonds. The van der Waals surface area contributed by atoms with Crippen LogP contribution in [0.1, 0.15) is 13.9 Å². The first-order chi connectivity index (χ1) is 15.6. The van der Waals surface area contributed by atoms with Crippen LogP contribution >= 0.6 is 0 Å². The van der Waals surface area contributed by atoms with Gasteiger partial charge >= 0.3 is 0 Å². The molecule has 3 aromatic rings. The van der Waals surface area contributed by atoms with E-state index in [1.807, 2.05) is 0 Å². The highest BCUT2D eigenvalue weighted by Gasteiger charge is 2.29. The fourth-order valence-electron chi connectivity index (χ4n) is 4.15. The topological polar surface area (TPSA) is 58.5 Å². The molecule has 5 rings (SSSR count). The number of nitrogens with zero attached hydrogens (tertiary/aromatic N) is 5. The predicted octanol–water partition coefficient (Wildman–Crippen LogP) is 3.62. The Hall–Kier alpha value is -3.04. The first-order valence-electron chi connectivity index (χ1n) is 10.9. The van der Waals surface area contributed by atoms with E-state index in [1.165, 1.54) is 28.7 Å². The zero-order valence-electron chi connectivity index (χ0n) is 18.0. The standard InChI is InChI=1S/C23H26F2N6O.H2/c1-2-16-10-17(12-18(11-16)29-6-8-30(9-7-29)19-13-32-14-19)27-23-26-15-31(28-23)21-5-3-4-20(24)22(21)25;/h3-5,10-12,15,19H,2,6-9,13-14H2,1H3,(H,27,28);1H. The molecular weight excluding hydrogens is 414 g/mol. The quantitative estimate of drug-likeness (QED) is 0.629. The highest BCUT2D eigenvalue weighted by atomic mass is 19.2. The number of piperazine rings is 1. The van der Waals surface area contributed by atoms with Crippen molar-refractivity contribution in [1.29, 1.82) is 0 Å². The second-order valence-electron chi connectivity index (χ2n) is 8.17. The van der Waals surface area contributed by atoms with E-state index >= 15 is 0 Å². The van der Waals surface area contributed by atoms with E-state index in [2.05, 4.69) is 50.3 Å². The van der Waals surface area contributed by atoms with Crippen molar-refractivity contribution in [2.45, 2.75) is 19.4 Å². The zero-order chi connectivity index (χ0) is 22.1. The minimum absolute atomic E-state index is 0. The van der Waals surface area contributed by atoms with E-state index in [4.69, 9.17) is 4.74 Å². The van der Waals surface area contributed by atoms with Crippen LogP contribution in [0.4, 0.5) is 26.1 Å². The maximum absolute atomic E-state index is 14.1. The van der Waals surface area contributed by atoms with E-state index in [1.54, 1.807) is 0 Å². The second kappa shape index (κ2) is 8.84. The Morgan fingerprint density at radius 1 is 1.12 bits per heavy atom. The summed E-state index contributed by atoms with van der Waals surface area (Å²) in [5.74, 6) is -1.55. The van der Waals surface area contributed by atoms with Gasteiger partial charge < -0.3 is 15.0 Å². The molecule has 1 aromatic heterocycles. The lowest BCUT2D eigenvalue weighted by Crippen LogP contribution is -2.56. The minimum Gasteiger partial charge on any atom is -0.378 e. The SMILES string of the molecule is CCc1cc(Nc2ncn(-c3cccc(F)c3F)n2)cc(N2CCN(C3COC3)CC2)c1.[HH]. The molecule has 2 aliphatic heterocycles. The highest BCUT2D eigenvalue weighted by molar-refractivity contribution is 5.64. The number of aryl methyl sites for hydroxylation is 1. The molecule has 0 spiro atoms. The molecule has 2 fully saturated rings. The van der Waals surface area contributed by atoms with Crippen LogP contribution in [0, 0.1) is 11.6 Å². The van der Waals surface area contributed by atoms with E-state index in [0.717, 1.165) is 63.3 Å². The van der Waals surface area contributed by atoms with Gasteiger partial charge in [-0.15, -0.1) is 5.10 Å². The fraction of sp³-hybridized carbons (Fsp3) is 0.391. The molecule has 170 valence electrons. The molecule has 0 atom stereocenters. The van der Waals surface area contributed by atoms with Crippen molar-refractivity contribution in [1.82, 2.24) is 19.7 Å². The van der Waals surface area contributed by atoms with Crippen LogP contribution in [0.5, 0.6) is 0 Å². The number of ether oxygens (including phenoxy) is 1. The number of hydrogen-bond acceptors (Lipinski definition) is 6. The fourth-order valence-corrected chi connectivity index (χ4v) is 4.15. The summed E-state index contributed by atoms with van der Waals surface area (Å²) in [5.41, 5.74) is 3.25. The number of benzene rings is 2. The molecule has 2 aromatic carbocycles. The van der Waals surface area contributed by atoms with Gasteiger partial charge in [0.25, 0.3) is 0 Å². The van der Waals surface area contributed by atoms with Crippen LogP contribution in [0.15, 0.2) is 42.7 Å². The molecule has 2 aliphatic rings. The summed E-state index contributed by atoms with van der Waals surface area (Å²) in [5, 5.41) is 7.49. The Bertz CT molecular complexity index is 1100. The van der Waals surface area contributed by atoms with Gasteiger partial charge in [0.05, 0.1) is 19.3 Å². The van der Waals surface area contributed by atoms with Gasteiger partial charge in [0.2, 0.25) is 5.95 Å². The molecule has 9 heteroatoms. The Labute approximate surface area is 187 Å². The Kier molecular flexibility index (Phi) is 5.75. The molecule has 0 aliphatic carbocycles.